The molecule has 1 rings (SSSR count). The lowest BCUT2D eigenvalue weighted by Crippen LogP contribution is -2.45. The molecule has 0 spiro atoms. The first-order chi connectivity index (χ1) is 6.58. The first kappa shape index (κ1) is 11.7. The van der Waals surface area contributed by atoms with Gasteiger partial charge in [0.2, 0.25) is 0 Å². The van der Waals surface area contributed by atoms with Gasteiger partial charge in [0.05, 0.1) is 12.2 Å². The number of Topliss-reactive ketones (excluding diaryl/α,β-unsaturated/α-hetero) is 1. The van der Waals surface area contributed by atoms with E-state index in [4.69, 9.17) is 4.74 Å². The van der Waals surface area contributed by atoms with E-state index in [1.165, 1.54) is 0 Å². The molecule has 3 heteroatoms. The number of hydrogen-bond donors (Lipinski definition) is 0. The molecule has 0 N–H and O–H groups in total. The molecular weight excluding hydrogens is 178 g/mol. The highest BCUT2D eigenvalue weighted by Gasteiger charge is 2.21. The minimum atomic E-state index is 0.291. The summed E-state index contributed by atoms with van der Waals surface area (Å²) >= 11 is 0. The summed E-state index contributed by atoms with van der Waals surface area (Å²) < 4.78 is 5.64. The Labute approximate surface area is 86.4 Å². The van der Waals surface area contributed by atoms with E-state index in [2.05, 4.69) is 18.7 Å². The number of hydrogen-bond acceptors (Lipinski definition) is 3. The van der Waals surface area contributed by atoms with E-state index in [1.54, 1.807) is 6.92 Å². The third-order valence-electron chi connectivity index (χ3n) is 2.50. The second-order valence-electron chi connectivity index (χ2n) is 4.32. The fourth-order valence-corrected chi connectivity index (χ4v) is 2.02. The highest BCUT2D eigenvalue weighted by atomic mass is 16.5. The van der Waals surface area contributed by atoms with Crippen molar-refractivity contribution >= 4 is 5.78 Å². The summed E-state index contributed by atoms with van der Waals surface area (Å²) in [6.07, 6.45) is 2.35. The van der Waals surface area contributed by atoms with E-state index in [0.29, 0.717) is 24.4 Å². The minimum absolute atomic E-state index is 0.291. The van der Waals surface area contributed by atoms with Gasteiger partial charge in [0.25, 0.3) is 0 Å². The molecular formula is C11H21NO2. The number of rotatable bonds is 4. The van der Waals surface area contributed by atoms with Gasteiger partial charge in [-0.1, -0.05) is 0 Å². The van der Waals surface area contributed by atoms with Gasteiger partial charge in [0.1, 0.15) is 5.78 Å². The average Bonchev–Trinajstić information content (AvgIpc) is 2.01. The van der Waals surface area contributed by atoms with Crippen LogP contribution in [0, 0.1) is 0 Å². The molecule has 0 aromatic carbocycles. The van der Waals surface area contributed by atoms with Crippen LogP contribution >= 0.6 is 0 Å². The lowest BCUT2D eigenvalue weighted by atomic mass is 10.2. The van der Waals surface area contributed by atoms with Crippen LogP contribution in [0.3, 0.4) is 0 Å². The van der Waals surface area contributed by atoms with Crippen LogP contribution in [-0.2, 0) is 9.53 Å². The van der Waals surface area contributed by atoms with Crippen LogP contribution in [0.2, 0.25) is 0 Å². The zero-order valence-corrected chi connectivity index (χ0v) is 9.45. The summed E-state index contributed by atoms with van der Waals surface area (Å²) in [4.78, 5) is 13.2. The van der Waals surface area contributed by atoms with Gasteiger partial charge in [-0.05, 0) is 33.7 Å². The van der Waals surface area contributed by atoms with Gasteiger partial charge >= 0.3 is 0 Å². The first-order valence-electron chi connectivity index (χ1n) is 5.45. The lowest BCUT2D eigenvalue weighted by molar-refractivity contribution is -0.117. The van der Waals surface area contributed by atoms with Crippen LogP contribution in [0.15, 0.2) is 0 Å². The maximum Gasteiger partial charge on any atom is 0.129 e. The minimum Gasteiger partial charge on any atom is -0.373 e. The molecule has 2 atom stereocenters. The molecule has 82 valence electrons. The summed E-state index contributed by atoms with van der Waals surface area (Å²) in [6.45, 7) is 8.90. The quantitative estimate of drug-likeness (QED) is 0.686. The molecule has 1 aliphatic rings. The van der Waals surface area contributed by atoms with Gasteiger partial charge < -0.3 is 9.53 Å². The molecule has 1 heterocycles. The van der Waals surface area contributed by atoms with Crippen LogP contribution in [0.1, 0.15) is 33.6 Å². The van der Waals surface area contributed by atoms with E-state index in [0.717, 1.165) is 26.1 Å². The van der Waals surface area contributed by atoms with Gasteiger partial charge in [-0.2, -0.15) is 0 Å². The van der Waals surface area contributed by atoms with E-state index < -0.39 is 0 Å². The molecule has 1 saturated heterocycles. The van der Waals surface area contributed by atoms with Crippen LogP contribution < -0.4 is 0 Å². The lowest BCUT2D eigenvalue weighted by Gasteiger charge is -2.35. The fourth-order valence-electron chi connectivity index (χ4n) is 2.02. The third-order valence-corrected chi connectivity index (χ3v) is 2.50. The zero-order chi connectivity index (χ0) is 10.6. The predicted molar refractivity (Wildman–Crippen MR) is 56.4 cm³/mol. The molecule has 14 heavy (non-hydrogen) atoms. The summed E-state index contributed by atoms with van der Waals surface area (Å²) in [5.41, 5.74) is 0. The Morgan fingerprint density at radius 3 is 2.43 bits per heavy atom. The van der Waals surface area contributed by atoms with E-state index in [9.17, 15) is 4.79 Å². The van der Waals surface area contributed by atoms with Gasteiger partial charge in [-0.15, -0.1) is 0 Å². The highest BCUT2D eigenvalue weighted by molar-refractivity contribution is 5.75. The topological polar surface area (TPSA) is 29.5 Å². The number of carbonyl (C=O) groups excluding carboxylic acids is 1. The number of carbonyl (C=O) groups is 1. The van der Waals surface area contributed by atoms with Crippen molar-refractivity contribution < 1.29 is 9.53 Å². The average molecular weight is 199 g/mol. The number of ketones is 1. The molecule has 1 aliphatic heterocycles. The van der Waals surface area contributed by atoms with Crippen LogP contribution in [0.25, 0.3) is 0 Å². The zero-order valence-electron chi connectivity index (χ0n) is 9.45. The maximum atomic E-state index is 10.8. The van der Waals surface area contributed by atoms with Crippen molar-refractivity contribution in [2.75, 3.05) is 19.6 Å². The van der Waals surface area contributed by atoms with Crippen molar-refractivity contribution in [3.8, 4) is 0 Å². The van der Waals surface area contributed by atoms with Gasteiger partial charge in [-0.3, -0.25) is 4.90 Å². The van der Waals surface area contributed by atoms with Crippen molar-refractivity contribution in [2.24, 2.45) is 0 Å². The Kier molecular flexibility index (Phi) is 4.55. The second-order valence-corrected chi connectivity index (χ2v) is 4.32. The van der Waals surface area contributed by atoms with Gasteiger partial charge in [-0.25, -0.2) is 0 Å². The third kappa shape index (κ3) is 4.20. The van der Waals surface area contributed by atoms with Crippen molar-refractivity contribution in [3.05, 3.63) is 0 Å². The molecule has 0 saturated carbocycles. The van der Waals surface area contributed by atoms with Crippen molar-refractivity contribution in [1.29, 1.82) is 0 Å². The largest absolute Gasteiger partial charge is 0.373 e. The molecule has 0 amide bonds. The van der Waals surface area contributed by atoms with E-state index >= 15 is 0 Å². The summed E-state index contributed by atoms with van der Waals surface area (Å²) in [6, 6.07) is 0. The monoisotopic (exact) mass is 199 g/mol. The van der Waals surface area contributed by atoms with Gasteiger partial charge in [0, 0.05) is 19.5 Å². The van der Waals surface area contributed by atoms with E-state index in [1.807, 2.05) is 0 Å². The molecule has 3 nitrogen and oxygen atoms in total. The predicted octanol–water partition coefficient (Wildman–Crippen LogP) is 1.46. The summed E-state index contributed by atoms with van der Waals surface area (Å²) in [5, 5.41) is 0. The second kappa shape index (κ2) is 5.47. The molecule has 1 fully saturated rings. The van der Waals surface area contributed by atoms with Crippen LogP contribution in [-0.4, -0.2) is 42.5 Å². The highest BCUT2D eigenvalue weighted by Crippen LogP contribution is 2.11. The number of nitrogens with zero attached hydrogens (tertiary/aromatic N) is 1. The molecule has 2 unspecified atom stereocenters. The Bertz CT molecular complexity index is 184. The number of ether oxygens (including phenoxy) is 1. The molecule has 0 aromatic rings. The first-order valence-corrected chi connectivity index (χ1v) is 5.45. The number of morpholine rings is 1. The molecule has 0 radical (unpaired) electrons. The Balaban J connectivity index is 2.20. The fraction of sp³-hybridized carbons (Fsp3) is 0.909. The van der Waals surface area contributed by atoms with Crippen LogP contribution in [0.4, 0.5) is 0 Å². The summed E-state index contributed by atoms with van der Waals surface area (Å²) in [5.74, 6) is 0.291. The van der Waals surface area contributed by atoms with Gasteiger partial charge in [0.15, 0.2) is 0 Å². The normalized spacial score (nSPS) is 29.1. The smallest absolute Gasteiger partial charge is 0.129 e. The van der Waals surface area contributed by atoms with Crippen molar-refractivity contribution in [2.45, 2.75) is 45.8 Å². The maximum absolute atomic E-state index is 10.8. The molecule has 0 bridgehead atoms. The molecule has 0 aliphatic carbocycles. The Morgan fingerprint density at radius 1 is 1.36 bits per heavy atom. The Morgan fingerprint density at radius 2 is 1.93 bits per heavy atom. The standard InChI is InChI=1S/C11H21NO2/c1-9(13)5-4-6-12-7-10(2)14-11(3)8-12/h10-11H,4-8H2,1-3H3. The van der Waals surface area contributed by atoms with E-state index in [-0.39, 0.29) is 0 Å². The Hall–Kier alpha value is -0.410. The SMILES string of the molecule is CC(=O)CCCN1CC(C)OC(C)C1. The summed E-state index contributed by atoms with van der Waals surface area (Å²) in [7, 11) is 0. The van der Waals surface area contributed by atoms with Crippen molar-refractivity contribution in [1.82, 2.24) is 4.90 Å². The molecule has 0 aromatic heterocycles. The van der Waals surface area contributed by atoms with Crippen LogP contribution in [0.5, 0.6) is 0 Å². The van der Waals surface area contributed by atoms with Crippen molar-refractivity contribution in [3.63, 3.8) is 0 Å².